The van der Waals surface area contributed by atoms with Crippen LogP contribution in [0.2, 0.25) is 0 Å². The van der Waals surface area contributed by atoms with Crippen LogP contribution in [0.3, 0.4) is 0 Å². The Morgan fingerprint density at radius 3 is 2.50 bits per heavy atom. The van der Waals surface area contributed by atoms with Crippen molar-refractivity contribution in [2.45, 2.75) is 0 Å². The highest BCUT2D eigenvalue weighted by atomic mass is 14.5. The maximum absolute atomic E-state index is 5.08. The molecule has 0 aromatic carbocycles. The summed E-state index contributed by atoms with van der Waals surface area (Å²) in [5.74, 6) is 0. The highest BCUT2D eigenvalue weighted by Gasteiger charge is 1.84. The van der Waals surface area contributed by atoms with Crippen LogP contribution in [0.15, 0.2) is 41.8 Å². The summed E-state index contributed by atoms with van der Waals surface area (Å²) >= 11 is 0. The van der Waals surface area contributed by atoms with Crippen LogP contribution in [0.25, 0.3) is 0 Å². The monoisotopic (exact) mass is 105 g/mol. The summed E-state index contributed by atoms with van der Waals surface area (Å²) in [5, 5.41) is 0. The van der Waals surface area contributed by atoms with Gasteiger partial charge < -0.3 is 5.73 Å². The molecule has 0 unspecified atom stereocenters. The fourth-order valence-electron chi connectivity index (χ4n) is 0.566. The smallest absolute Gasteiger partial charge is 0.0377 e. The largest absolute Gasteiger partial charge is 0.398 e. The molecule has 1 heteroatoms. The Morgan fingerprint density at radius 2 is 2.00 bits per heavy atom. The van der Waals surface area contributed by atoms with Gasteiger partial charge in [-0.25, -0.2) is 0 Å². The minimum Gasteiger partial charge on any atom is -0.398 e. The summed E-state index contributed by atoms with van der Waals surface area (Å²) in [6.45, 7) is 0. The predicted octanol–water partition coefficient (Wildman–Crippen LogP) is 1.11. The topological polar surface area (TPSA) is 26.0 Å². The van der Waals surface area contributed by atoms with E-state index in [1.807, 2.05) is 24.3 Å². The standard InChI is InChI=1S/C7H7N/c8-6-5-7-3-1-2-4-7/h1-4,6H,8H2. The third-order valence-electron chi connectivity index (χ3n) is 0.913. The van der Waals surface area contributed by atoms with Crippen LogP contribution >= 0.6 is 0 Å². The summed E-state index contributed by atoms with van der Waals surface area (Å²) in [4.78, 5) is 0. The van der Waals surface area contributed by atoms with Crippen molar-refractivity contribution in [3.05, 3.63) is 41.8 Å². The first-order valence-electron chi connectivity index (χ1n) is 2.45. The van der Waals surface area contributed by atoms with Gasteiger partial charge in [0.15, 0.2) is 0 Å². The van der Waals surface area contributed by atoms with Crippen LogP contribution in [-0.2, 0) is 0 Å². The number of hydrogen-bond donors (Lipinski definition) is 1. The van der Waals surface area contributed by atoms with Gasteiger partial charge in [-0.1, -0.05) is 17.9 Å². The average molecular weight is 105 g/mol. The van der Waals surface area contributed by atoms with E-state index in [2.05, 4.69) is 5.73 Å². The highest BCUT2D eigenvalue weighted by Crippen LogP contribution is 2.03. The highest BCUT2D eigenvalue weighted by molar-refractivity contribution is 5.39. The molecule has 0 aliphatic heterocycles. The van der Waals surface area contributed by atoms with E-state index in [1.54, 1.807) is 0 Å². The fraction of sp³-hybridized carbons (Fsp3) is 0. The molecule has 0 spiro atoms. The first kappa shape index (κ1) is 4.95. The molecule has 1 aliphatic carbocycles. The van der Waals surface area contributed by atoms with E-state index in [0.29, 0.717) is 0 Å². The number of nitrogens with two attached hydrogens (primary N) is 1. The van der Waals surface area contributed by atoms with Gasteiger partial charge in [-0.3, -0.25) is 0 Å². The minimum atomic E-state index is 1.03. The van der Waals surface area contributed by atoms with Crippen LogP contribution in [0.1, 0.15) is 0 Å². The molecule has 8 heavy (non-hydrogen) atoms. The van der Waals surface area contributed by atoms with Gasteiger partial charge in [-0.05, 0) is 12.2 Å². The lowest BCUT2D eigenvalue weighted by atomic mass is 10.3. The van der Waals surface area contributed by atoms with Crippen LogP contribution in [-0.4, -0.2) is 0 Å². The van der Waals surface area contributed by atoms with Gasteiger partial charge in [0.05, 0.1) is 0 Å². The van der Waals surface area contributed by atoms with Crippen molar-refractivity contribution in [3.8, 4) is 0 Å². The second kappa shape index (κ2) is 2.20. The zero-order valence-electron chi connectivity index (χ0n) is 4.46. The van der Waals surface area contributed by atoms with Crippen molar-refractivity contribution in [2.75, 3.05) is 0 Å². The molecule has 0 bridgehead atoms. The normalized spacial score (nSPS) is 14.2. The summed E-state index contributed by atoms with van der Waals surface area (Å²) in [5.41, 5.74) is 8.96. The van der Waals surface area contributed by atoms with E-state index >= 15 is 0 Å². The molecule has 0 aromatic heterocycles. The lowest BCUT2D eigenvalue weighted by Gasteiger charge is -1.74. The lowest BCUT2D eigenvalue weighted by Crippen LogP contribution is -1.72. The molecule has 1 aliphatic rings. The SMILES string of the molecule is NC=C=C1C=CC=C1. The number of rotatable bonds is 0. The molecule has 0 heterocycles. The zero-order chi connectivity index (χ0) is 5.82. The summed E-state index contributed by atoms with van der Waals surface area (Å²) in [6.07, 6.45) is 9.21. The molecule has 0 amide bonds. The molecule has 0 saturated heterocycles. The van der Waals surface area contributed by atoms with E-state index < -0.39 is 0 Å². The van der Waals surface area contributed by atoms with Gasteiger partial charge in [0.2, 0.25) is 0 Å². The molecule has 2 N–H and O–H groups in total. The van der Waals surface area contributed by atoms with E-state index in [-0.39, 0.29) is 0 Å². The summed E-state index contributed by atoms with van der Waals surface area (Å²) in [6, 6.07) is 0. The maximum atomic E-state index is 5.08. The van der Waals surface area contributed by atoms with Crippen LogP contribution in [0.4, 0.5) is 0 Å². The van der Waals surface area contributed by atoms with Crippen molar-refractivity contribution in [1.29, 1.82) is 0 Å². The Morgan fingerprint density at radius 1 is 1.38 bits per heavy atom. The first-order chi connectivity index (χ1) is 3.93. The zero-order valence-corrected chi connectivity index (χ0v) is 4.46. The van der Waals surface area contributed by atoms with Gasteiger partial charge in [0.25, 0.3) is 0 Å². The Hall–Kier alpha value is -1.20. The third-order valence-corrected chi connectivity index (χ3v) is 0.913. The molecule has 0 radical (unpaired) electrons. The summed E-state index contributed by atoms with van der Waals surface area (Å²) in [7, 11) is 0. The second-order valence-electron chi connectivity index (χ2n) is 1.48. The van der Waals surface area contributed by atoms with Crippen LogP contribution < -0.4 is 5.73 Å². The van der Waals surface area contributed by atoms with Gasteiger partial charge in [0.1, 0.15) is 0 Å². The first-order valence-corrected chi connectivity index (χ1v) is 2.45. The summed E-state index contributed by atoms with van der Waals surface area (Å²) < 4.78 is 0. The molecule has 40 valence electrons. The van der Waals surface area contributed by atoms with E-state index in [9.17, 15) is 0 Å². The predicted molar refractivity (Wildman–Crippen MR) is 34.1 cm³/mol. The molecular weight excluding hydrogens is 98.1 g/mol. The van der Waals surface area contributed by atoms with Crippen molar-refractivity contribution < 1.29 is 0 Å². The molecule has 1 nitrogen and oxygen atoms in total. The Balaban J connectivity index is 2.91. The van der Waals surface area contributed by atoms with E-state index in [0.717, 1.165) is 5.57 Å². The Kier molecular flexibility index (Phi) is 1.36. The third kappa shape index (κ3) is 0.895. The maximum Gasteiger partial charge on any atom is 0.0377 e. The van der Waals surface area contributed by atoms with E-state index in [1.165, 1.54) is 6.20 Å². The van der Waals surface area contributed by atoms with Gasteiger partial charge in [-0.15, -0.1) is 0 Å². The van der Waals surface area contributed by atoms with Crippen LogP contribution in [0.5, 0.6) is 0 Å². The quantitative estimate of drug-likeness (QED) is 0.459. The molecule has 0 aromatic rings. The molecule has 0 fully saturated rings. The minimum absolute atomic E-state index is 1.03. The van der Waals surface area contributed by atoms with Gasteiger partial charge in [-0.2, -0.15) is 0 Å². The molecule has 0 saturated carbocycles. The van der Waals surface area contributed by atoms with Crippen molar-refractivity contribution >= 4 is 0 Å². The van der Waals surface area contributed by atoms with Gasteiger partial charge in [0, 0.05) is 11.8 Å². The molecule has 0 atom stereocenters. The van der Waals surface area contributed by atoms with E-state index in [4.69, 9.17) is 5.73 Å². The van der Waals surface area contributed by atoms with Crippen molar-refractivity contribution in [2.24, 2.45) is 5.73 Å². The number of allylic oxidation sites excluding steroid dienone is 5. The van der Waals surface area contributed by atoms with Crippen LogP contribution in [0, 0.1) is 0 Å². The molecular formula is C7H7N. The van der Waals surface area contributed by atoms with Crippen molar-refractivity contribution in [1.82, 2.24) is 0 Å². The second-order valence-corrected chi connectivity index (χ2v) is 1.48. The van der Waals surface area contributed by atoms with Gasteiger partial charge >= 0.3 is 0 Å². The average Bonchev–Trinajstić information content (AvgIpc) is 2.19. The fourth-order valence-corrected chi connectivity index (χ4v) is 0.566. The lowest BCUT2D eigenvalue weighted by molar-refractivity contribution is 1.60. The van der Waals surface area contributed by atoms with Crippen molar-refractivity contribution in [3.63, 3.8) is 0 Å². The Bertz CT molecular complexity index is 176. The Labute approximate surface area is 48.5 Å². The molecule has 1 rings (SSSR count). The number of hydrogen-bond acceptors (Lipinski definition) is 1.